The molecule has 2 N–H and O–H groups in total. The van der Waals surface area contributed by atoms with Crippen molar-refractivity contribution in [2.24, 2.45) is 10.8 Å². The zero-order valence-electron chi connectivity index (χ0n) is 22.6. The maximum absolute atomic E-state index is 14.6. The van der Waals surface area contributed by atoms with Crippen molar-refractivity contribution >= 4 is 23.2 Å². The number of carbonyl (C=O) groups excluding carboxylic acids is 2. The van der Waals surface area contributed by atoms with Gasteiger partial charge >= 0.3 is 0 Å². The molecule has 0 aromatic heterocycles. The van der Waals surface area contributed by atoms with E-state index in [1.807, 2.05) is 46.2 Å². The van der Waals surface area contributed by atoms with Gasteiger partial charge in [0, 0.05) is 22.2 Å². The lowest BCUT2D eigenvalue weighted by molar-refractivity contribution is -0.160. The Morgan fingerprint density at radius 2 is 1.11 bits per heavy atom. The summed E-state index contributed by atoms with van der Waals surface area (Å²) in [6, 6.07) is 15.5. The van der Waals surface area contributed by atoms with Crippen LogP contribution in [0, 0.1) is 10.8 Å². The molecule has 5 heterocycles. The van der Waals surface area contributed by atoms with Gasteiger partial charge in [-0.2, -0.15) is 0 Å². The largest absolute Gasteiger partial charge is 0.364 e. The predicted molar refractivity (Wildman–Crippen MR) is 150 cm³/mol. The minimum Gasteiger partial charge on any atom is -0.364 e. The molecule has 6 nitrogen and oxygen atoms in total. The first-order valence-corrected chi connectivity index (χ1v) is 13.7. The third-order valence-electron chi connectivity index (χ3n) is 11.0. The van der Waals surface area contributed by atoms with Crippen LogP contribution < -0.4 is 10.6 Å². The predicted octanol–water partition coefficient (Wildman–Crippen LogP) is 5.01. The van der Waals surface area contributed by atoms with E-state index in [1.165, 1.54) is 11.1 Å². The van der Waals surface area contributed by atoms with Gasteiger partial charge in [-0.15, -0.1) is 13.2 Å². The SMILES string of the molecule is C=CC(C)(C)[C@]12C[C@H]3C(=O)N4C5Nc6ccccc6[C@]5(C(C)(C)C=C)C[C@@H]4C(=O)N3[C@@H]1Nc1ccccc12. The average Bonchev–Trinajstić information content (AvgIpc) is 3.62. The van der Waals surface area contributed by atoms with Crippen LogP contribution in [0.25, 0.3) is 0 Å². The van der Waals surface area contributed by atoms with Crippen LogP contribution in [0.5, 0.6) is 0 Å². The lowest BCUT2D eigenvalue weighted by atomic mass is 9.60. The fraction of sp³-hybridized carbons (Fsp3) is 0.438. The highest BCUT2D eigenvalue weighted by Gasteiger charge is 2.73. The van der Waals surface area contributed by atoms with Crippen LogP contribution in [-0.4, -0.2) is 46.0 Å². The monoisotopic (exact) mass is 508 g/mol. The van der Waals surface area contributed by atoms with E-state index in [0.717, 1.165) is 11.4 Å². The summed E-state index contributed by atoms with van der Waals surface area (Å²) < 4.78 is 0. The molecular weight excluding hydrogens is 472 g/mol. The van der Waals surface area contributed by atoms with Crippen molar-refractivity contribution < 1.29 is 9.59 Å². The molecule has 196 valence electrons. The first-order valence-electron chi connectivity index (χ1n) is 13.7. The van der Waals surface area contributed by atoms with Crippen LogP contribution in [0.15, 0.2) is 73.8 Å². The molecule has 0 aliphatic carbocycles. The van der Waals surface area contributed by atoms with E-state index in [4.69, 9.17) is 0 Å². The molecule has 0 spiro atoms. The van der Waals surface area contributed by atoms with E-state index in [2.05, 4.69) is 75.8 Å². The highest BCUT2D eigenvalue weighted by molar-refractivity contribution is 6.00. The van der Waals surface area contributed by atoms with Gasteiger partial charge < -0.3 is 20.4 Å². The molecular formula is C32H36N4O2. The maximum atomic E-state index is 14.6. The van der Waals surface area contributed by atoms with E-state index in [1.54, 1.807) is 0 Å². The highest BCUT2D eigenvalue weighted by Crippen LogP contribution is 2.64. The van der Waals surface area contributed by atoms with E-state index < -0.39 is 22.9 Å². The van der Waals surface area contributed by atoms with Gasteiger partial charge in [0.05, 0.1) is 0 Å². The van der Waals surface area contributed by atoms with Gasteiger partial charge in [-0.1, -0.05) is 76.2 Å². The van der Waals surface area contributed by atoms with Crippen LogP contribution in [0.2, 0.25) is 0 Å². The molecule has 6 heteroatoms. The number of benzene rings is 2. The smallest absolute Gasteiger partial charge is 0.247 e. The Balaban J connectivity index is 1.38. The second-order valence-electron chi connectivity index (χ2n) is 12.9. The zero-order valence-corrected chi connectivity index (χ0v) is 22.6. The topological polar surface area (TPSA) is 64.7 Å². The normalized spacial score (nSPS) is 34.4. The molecule has 1 unspecified atom stereocenters. The number of allylic oxidation sites excluding steroid dienone is 2. The summed E-state index contributed by atoms with van der Waals surface area (Å²) in [4.78, 5) is 33.0. The molecule has 5 aliphatic heterocycles. The lowest BCUT2D eigenvalue weighted by Gasteiger charge is -2.45. The molecule has 3 saturated heterocycles. The Labute approximate surface area is 224 Å². The summed E-state index contributed by atoms with van der Waals surface area (Å²) >= 11 is 0. The fourth-order valence-electron chi connectivity index (χ4n) is 8.66. The summed E-state index contributed by atoms with van der Waals surface area (Å²) in [5, 5.41) is 7.36. The van der Waals surface area contributed by atoms with Crippen LogP contribution in [0.3, 0.4) is 0 Å². The number of carbonyl (C=O) groups is 2. The molecule has 7 rings (SSSR count). The van der Waals surface area contributed by atoms with Gasteiger partial charge in [-0.3, -0.25) is 9.59 Å². The summed E-state index contributed by atoms with van der Waals surface area (Å²) in [5.41, 5.74) is 2.80. The Morgan fingerprint density at radius 3 is 1.47 bits per heavy atom. The zero-order chi connectivity index (χ0) is 26.8. The van der Waals surface area contributed by atoms with E-state index in [-0.39, 0.29) is 35.0 Å². The standard InChI is InChI=1S/C32H36N4O2/c1-7-29(3,4)31-17-23-25(37)36-24(26(38)35(23)27(31)33-21-15-11-9-13-19(21)31)18-32(30(5,6)8-2)20-14-10-12-16-22(20)34-28(32)36/h7-16,23-24,27-28,33-34H,1-2,17-18H2,3-6H3/t23-,24+,27-,28?,31-,32+/m0/s1. The molecule has 6 atom stereocenters. The second kappa shape index (κ2) is 7.10. The first kappa shape index (κ1) is 23.6. The van der Waals surface area contributed by atoms with E-state index in [0.29, 0.717) is 12.8 Å². The number of piperazine rings is 1. The van der Waals surface area contributed by atoms with E-state index >= 15 is 0 Å². The summed E-state index contributed by atoms with van der Waals surface area (Å²) in [5.74, 6) is 0.0733. The molecule has 3 fully saturated rings. The van der Waals surface area contributed by atoms with Gasteiger partial charge in [0.2, 0.25) is 11.8 Å². The summed E-state index contributed by atoms with van der Waals surface area (Å²) in [6.45, 7) is 17.1. The van der Waals surface area contributed by atoms with Crippen molar-refractivity contribution in [3.05, 3.63) is 85.0 Å². The third-order valence-corrected chi connectivity index (χ3v) is 11.0. The van der Waals surface area contributed by atoms with Crippen LogP contribution >= 0.6 is 0 Å². The van der Waals surface area contributed by atoms with Gasteiger partial charge in [0.1, 0.15) is 24.4 Å². The Bertz CT molecular complexity index is 1320. The minimum absolute atomic E-state index is 0.0366. The Hall–Kier alpha value is -3.54. The fourth-order valence-corrected chi connectivity index (χ4v) is 8.66. The molecule has 0 bridgehead atoms. The number of hydrogen-bond acceptors (Lipinski definition) is 4. The van der Waals surface area contributed by atoms with Gasteiger partial charge in [0.15, 0.2) is 0 Å². The van der Waals surface area contributed by atoms with Crippen LogP contribution in [0.1, 0.15) is 51.7 Å². The molecule has 2 aromatic carbocycles. The molecule has 5 aliphatic rings. The first-order chi connectivity index (χ1) is 18.1. The maximum Gasteiger partial charge on any atom is 0.247 e. The second-order valence-corrected chi connectivity index (χ2v) is 12.9. The molecule has 0 saturated carbocycles. The molecule has 2 aromatic rings. The average molecular weight is 509 g/mol. The number of nitrogens with one attached hydrogen (secondary N) is 2. The summed E-state index contributed by atoms with van der Waals surface area (Å²) in [6.07, 6.45) is 4.50. The number of amides is 2. The van der Waals surface area contributed by atoms with Crippen molar-refractivity contribution in [3.8, 4) is 0 Å². The quantitative estimate of drug-likeness (QED) is 0.570. The van der Waals surface area contributed by atoms with Crippen molar-refractivity contribution in [1.29, 1.82) is 0 Å². The summed E-state index contributed by atoms with van der Waals surface area (Å²) in [7, 11) is 0. The lowest BCUT2D eigenvalue weighted by Crippen LogP contribution is -2.66. The van der Waals surface area contributed by atoms with Gasteiger partial charge in [0.25, 0.3) is 0 Å². The Morgan fingerprint density at radius 1 is 0.737 bits per heavy atom. The molecule has 0 radical (unpaired) electrons. The number of rotatable bonds is 4. The van der Waals surface area contributed by atoms with Gasteiger partial charge in [-0.05, 0) is 46.9 Å². The van der Waals surface area contributed by atoms with Crippen LogP contribution in [0.4, 0.5) is 11.4 Å². The van der Waals surface area contributed by atoms with Crippen molar-refractivity contribution in [1.82, 2.24) is 9.80 Å². The third kappa shape index (κ3) is 2.37. The number of fused-ring (bicyclic) bond motifs is 10. The number of para-hydroxylation sites is 2. The van der Waals surface area contributed by atoms with E-state index in [9.17, 15) is 9.59 Å². The number of nitrogens with zero attached hydrogens (tertiary/aromatic N) is 2. The van der Waals surface area contributed by atoms with Crippen molar-refractivity contribution in [2.45, 2.75) is 75.8 Å². The Kier molecular flexibility index (Phi) is 4.40. The van der Waals surface area contributed by atoms with Crippen molar-refractivity contribution in [3.63, 3.8) is 0 Å². The molecule has 38 heavy (non-hydrogen) atoms. The number of anilines is 2. The minimum atomic E-state index is -0.531. The highest BCUT2D eigenvalue weighted by atomic mass is 16.2. The number of hydrogen-bond donors (Lipinski definition) is 2. The van der Waals surface area contributed by atoms with Gasteiger partial charge in [-0.25, -0.2) is 0 Å². The van der Waals surface area contributed by atoms with Crippen molar-refractivity contribution in [2.75, 3.05) is 10.6 Å². The van der Waals surface area contributed by atoms with Crippen LogP contribution in [-0.2, 0) is 20.4 Å². The molecule has 2 amide bonds.